The van der Waals surface area contributed by atoms with Crippen molar-refractivity contribution < 1.29 is 18.7 Å². The Labute approximate surface area is 179 Å². The average Bonchev–Trinajstić information content (AvgIpc) is 3.30. The molecule has 158 valence electrons. The molecular formula is C22H25N3O4S. The molecule has 7 nitrogen and oxygen atoms in total. The first-order valence-corrected chi connectivity index (χ1v) is 10.8. The van der Waals surface area contributed by atoms with E-state index in [0.29, 0.717) is 40.0 Å². The van der Waals surface area contributed by atoms with Crippen molar-refractivity contribution >= 4 is 23.5 Å². The van der Waals surface area contributed by atoms with Crippen LogP contribution in [0.15, 0.2) is 40.0 Å². The minimum atomic E-state index is -0.426. The van der Waals surface area contributed by atoms with Crippen LogP contribution in [-0.4, -0.2) is 39.3 Å². The topological polar surface area (TPSA) is 98.1 Å². The van der Waals surface area contributed by atoms with Crippen LogP contribution in [0.25, 0.3) is 0 Å². The van der Waals surface area contributed by atoms with Crippen molar-refractivity contribution in [2.75, 3.05) is 12.4 Å². The number of carbonyl (C=O) groups excluding carboxylic acids is 2. The van der Waals surface area contributed by atoms with Gasteiger partial charge in [0.15, 0.2) is 5.78 Å². The van der Waals surface area contributed by atoms with E-state index in [-0.39, 0.29) is 24.1 Å². The molecule has 3 rings (SSSR count). The van der Waals surface area contributed by atoms with Crippen molar-refractivity contribution in [1.82, 2.24) is 15.2 Å². The molecule has 0 radical (unpaired) electrons. The van der Waals surface area contributed by atoms with Crippen LogP contribution in [0.2, 0.25) is 0 Å². The summed E-state index contributed by atoms with van der Waals surface area (Å²) < 4.78 is 10.8. The normalized spacial score (nSPS) is 12.0. The van der Waals surface area contributed by atoms with Gasteiger partial charge in [0.1, 0.15) is 0 Å². The molecule has 2 aromatic heterocycles. The number of carbonyl (C=O) groups is 2. The lowest BCUT2D eigenvalue weighted by molar-refractivity contribution is 0.0525. The van der Waals surface area contributed by atoms with E-state index in [2.05, 4.69) is 34.2 Å². The summed E-state index contributed by atoms with van der Waals surface area (Å²) in [6.07, 6.45) is 0.628. The number of aromatic nitrogens is 3. The number of aromatic amines is 1. The minimum absolute atomic E-state index is 0.124. The lowest BCUT2D eigenvalue weighted by Crippen LogP contribution is -2.08. The first kappa shape index (κ1) is 21.8. The number of rotatable bonds is 9. The van der Waals surface area contributed by atoms with Crippen LogP contribution >= 0.6 is 11.8 Å². The highest BCUT2D eigenvalue weighted by Gasteiger charge is 2.23. The molecule has 0 aliphatic carbocycles. The molecule has 1 aromatic carbocycles. The molecule has 0 aliphatic heterocycles. The van der Waals surface area contributed by atoms with E-state index in [1.807, 2.05) is 18.2 Å². The van der Waals surface area contributed by atoms with E-state index < -0.39 is 5.97 Å². The SMILES string of the molecule is CCOC(=O)c1c(C)[nH]c(C(=O)CSc2nnc(C[C@@H](C)c3ccccc3)o2)c1C. The van der Waals surface area contributed by atoms with Gasteiger partial charge in [-0.1, -0.05) is 49.0 Å². The van der Waals surface area contributed by atoms with E-state index in [1.54, 1.807) is 20.8 Å². The van der Waals surface area contributed by atoms with E-state index >= 15 is 0 Å². The Kier molecular flexibility index (Phi) is 7.10. The molecule has 0 saturated heterocycles. The van der Waals surface area contributed by atoms with E-state index in [0.717, 1.165) is 0 Å². The molecule has 0 unspecified atom stereocenters. The van der Waals surface area contributed by atoms with Crippen LogP contribution in [-0.2, 0) is 11.2 Å². The Balaban J connectivity index is 1.61. The number of thioether (sulfide) groups is 1. The number of hydrogen-bond donors (Lipinski definition) is 1. The summed E-state index contributed by atoms with van der Waals surface area (Å²) in [5, 5.41) is 8.48. The van der Waals surface area contributed by atoms with Gasteiger partial charge in [-0.15, -0.1) is 10.2 Å². The zero-order valence-electron chi connectivity index (χ0n) is 17.5. The molecule has 2 heterocycles. The fraction of sp³-hybridized carbons (Fsp3) is 0.364. The predicted molar refractivity (Wildman–Crippen MR) is 114 cm³/mol. The summed E-state index contributed by atoms with van der Waals surface area (Å²) in [6.45, 7) is 7.62. The van der Waals surface area contributed by atoms with Gasteiger partial charge in [0.25, 0.3) is 5.22 Å². The van der Waals surface area contributed by atoms with Crippen LogP contribution in [0.1, 0.15) is 63.3 Å². The van der Waals surface area contributed by atoms with Crippen LogP contribution in [0.3, 0.4) is 0 Å². The van der Waals surface area contributed by atoms with Crippen molar-refractivity contribution in [2.45, 2.75) is 45.3 Å². The summed E-state index contributed by atoms with van der Waals surface area (Å²) in [4.78, 5) is 27.8. The number of esters is 1. The number of ether oxygens (including phenoxy) is 1. The largest absolute Gasteiger partial charge is 0.462 e. The third kappa shape index (κ3) is 4.99. The number of ketones is 1. The van der Waals surface area contributed by atoms with Crippen molar-refractivity contribution in [2.24, 2.45) is 0 Å². The Hall–Kier alpha value is -2.87. The molecule has 0 fully saturated rings. The quantitative estimate of drug-likeness (QED) is 0.305. The number of nitrogens with zero attached hydrogens (tertiary/aromatic N) is 2. The van der Waals surface area contributed by atoms with Gasteiger partial charge < -0.3 is 14.1 Å². The Morgan fingerprint density at radius 2 is 1.93 bits per heavy atom. The number of aryl methyl sites for hydroxylation is 1. The molecule has 8 heteroatoms. The van der Waals surface area contributed by atoms with Crippen LogP contribution in [0, 0.1) is 13.8 Å². The fourth-order valence-electron chi connectivity index (χ4n) is 3.28. The maximum Gasteiger partial charge on any atom is 0.340 e. The van der Waals surface area contributed by atoms with Gasteiger partial charge in [0.2, 0.25) is 5.89 Å². The van der Waals surface area contributed by atoms with Gasteiger partial charge in [0.05, 0.1) is 23.6 Å². The molecule has 30 heavy (non-hydrogen) atoms. The maximum atomic E-state index is 12.7. The highest BCUT2D eigenvalue weighted by atomic mass is 32.2. The van der Waals surface area contributed by atoms with Crippen molar-refractivity contribution in [3.63, 3.8) is 0 Å². The van der Waals surface area contributed by atoms with Gasteiger partial charge >= 0.3 is 5.97 Å². The Morgan fingerprint density at radius 1 is 1.20 bits per heavy atom. The summed E-state index contributed by atoms with van der Waals surface area (Å²) in [6, 6.07) is 10.1. The van der Waals surface area contributed by atoms with Crippen molar-refractivity contribution in [1.29, 1.82) is 0 Å². The van der Waals surface area contributed by atoms with Gasteiger partial charge in [-0.05, 0) is 37.8 Å². The molecule has 1 N–H and O–H groups in total. The standard InChI is InChI=1S/C22H25N3O4S/c1-5-28-21(27)19-14(3)20(23-15(19)4)17(26)12-30-22-25-24-18(29-22)11-13(2)16-9-7-6-8-10-16/h6-10,13,23H,5,11-12H2,1-4H3/t13-/m1/s1. The Morgan fingerprint density at radius 3 is 2.63 bits per heavy atom. The monoisotopic (exact) mass is 427 g/mol. The molecule has 0 amide bonds. The highest BCUT2D eigenvalue weighted by molar-refractivity contribution is 7.99. The second kappa shape index (κ2) is 9.75. The Bertz CT molecular complexity index is 1030. The number of H-pyrrole nitrogens is 1. The number of hydrogen-bond acceptors (Lipinski definition) is 7. The van der Waals surface area contributed by atoms with Crippen LogP contribution in [0.5, 0.6) is 0 Å². The summed E-state index contributed by atoms with van der Waals surface area (Å²) in [5.74, 6) is 0.340. The zero-order valence-corrected chi connectivity index (χ0v) is 18.3. The predicted octanol–water partition coefficient (Wildman–Crippen LogP) is 4.51. The average molecular weight is 428 g/mol. The molecule has 0 bridgehead atoms. The van der Waals surface area contributed by atoms with Crippen molar-refractivity contribution in [3.8, 4) is 0 Å². The molecular weight excluding hydrogens is 402 g/mol. The smallest absolute Gasteiger partial charge is 0.340 e. The molecule has 0 spiro atoms. The highest BCUT2D eigenvalue weighted by Crippen LogP contribution is 2.25. The lowest BCUT2D eigenvalue weighted by Gasteiger charge is -2.08. The third-order valence-corrected chi connectivity index (χ3v) is 5.64. The van der Waals surface area contributed by atoms with E-state index in [4.69, 9.17) is 9.15 Å². The van der Waals surface area contributed by atoms with Gasteiger partial charge in [-0.25, -0.2) is 4.79 Å². The summed E-state index contributed by atoms with van der Waals surface area (Å²) in [7, 11) is 0. The first-order chi connectivity index (χ1) is 14.4. The minimum Gasteiger partial charge on any atom is -0.462 e. The number of Topliss-reactive ketones (excluding diaryl/α,β-unsaturated/α-hetero) is 1. The molecule has 0 aliphatic rings. The van der Waals surface area contributed by atoms with Crippen molar-refractivity contribution in [3.05, 3.63) is 64.3 Å². The summed E-state index contributed by atoms with van der Waals surface area (Å²) in [5.41, 5.74) is 3.24. The molecule has 0 saturated carbocycles. The van der Waals surface area contributed by atoms with Crippen LogP contribution in [0.4, 0.5) is 0 Å². The zero-order chi connectivity index (χ0) is 21.7. The molecule has 1 atom stereocenters. The van der Waals surface area contributed by atoms with Gasteiger partial charge in [-0.3, -0.25) is 4.79 Å². The molecule has 3 aromatic rings. The number of nitrogens with one attached hydrogen (secondary N) is 1. The van der Waals surface area contributed by atoms with Crippen LogP contribution < -0.4 is 0 Å². The summed E-state index contributed by atoms with van der Waals surface area (Å²) >= 11 is 1.18. The maximum absolute atomic E-state index is 12.7. The first-order valence-electron chi connectivity index (χ1n) is 9.80. The van der Waals surface area contributed by atoms with E-state index in [1.165, 1.54) is 17.3 Å². The number of benzene rings is 1. The van der Waals surface area contributed by atoms with Gasteiger partial charge in [-0.2, -0.15) is 0 Å². The fourth-order valence-corrected chi connectivity index (χ4v) is 3.93. The third-order valence-electron chi connectivity index (χ3n) is 4.82. The second-order valence-electron chi connectivity index (χ2n) is 7.03. The van der Waals surface area contributed by atoms with Gasteiger partial charge in [0, 0.05) is 12.1 Å². The second-order valence-corrected chi connectivity index (χ2v) is 7.96. The van der Waals surface area contributed by atoms with E-state index in [9.17, 15) is 9.59 Å². The lowest BCUT2D eigenvalue weighted by atomic mass is 9.98.